The average Bonchev–Trinajstić information content (AvgIpc) is 2.73. The number of rotatable bonds is 3. The molecule has 1 N–H and O–H groups in total. The summed E-state index contributed by atoms with van der Waals surface area (Å²) >= 11 is 0. The molecule has 0 bridgehead atoms. The van der Waals surface area contributed by atoms with Crippen molar-refractivity contribution in [3.63, 3.8) is 0 Å². The van der Waals surface area contributed by atoms with E-state index in [1.165, 1.54) is 12.8 Å². The Balaban J connectivity index is 1.82. The van der Waals surface area contributed by atoms with Gasteiger partial charge in [0.1, 0.15) is 0 Å². The van der Waals surface area contributed by atoms with Crippen molar-refractivity contribution in [3.05, 3.63) is 0 Å². The molecule has 88 valence electrons. The van der Waals surface area contributed by atoms with E-state index >= 15 is 0 Å². The van der Waals surface area contributed by atoms with E-state index in [4.69, 9.17) is 4.74 Å². The Kier molecular flexibility index (Phi) is 3.33. The smallest absolute Gasteiger partial charge is 0.0710 e. The summed E-state index contributed by atoms with van der Waals surface area (Å²) in [6.45, 7) is 6.78. The molecule has 0 aromatic heterocycles. The van der Waals surface area contributed by atoms with Crippen LogP contribution in [-0.2, 0) is 4.74 Å². The molecule has 3 heteroatoms. The SMILES string of the molecule is CC1(C)CCC(CN2CCC[C@@H]2CO)O1. The van der Waals surface area contributed by atoms with Crippen molar-refractivity contribution in [2.75, 3.05) is 19.7 Å². The van der Waals surface area contributed by atoms with E-state index in [-0.39, 0.29) is 5.60 Å². The number of hydrogen-bond acceptors (Lipinski definition) is 3. The van der Waals surface area contributed by atoms with Gasteiger partial charge in [-0.25, -0.2) is 0 Å². The first kappa shape index (κ1) is 11.4. The molecule has 2 heterocycles. The Morgan fingerprint density at radius 1 is 1.40 bits per heavy atom. The number of aliphatic hydroxyl groups excluding tert-OH is 1. The van der Waals surface area contributed by atoms with Gasteiger partial charge in [-0.2, -0.15) is 0 Å². The maximum atomic E-state index is 9.23. The van der Waals surface area contributed by atoms with Gasteiger partial charge in [0, 0.05) is 12.6 Å². The van der Waals surface area contributed by atoms with Crippen LogP contribution in [0.3, 0.4) is 0 Å². The third-order valence-corrected chi connectivity index (χ3v) is 3.70. The lowest BCUT2D eigenvalue weighted by molar-refractivity contribution is -0.0321. The normalized spacial score (nSPS) is 36.2. The molecule has 2 saturated heterocycles. The van der Waals surface area contributed by atoms with Crippen molar-refractivity contribution >= 4 is 0 Å². The van der Waals surface area contributed by atoms with Crippen LogP contribution in [0.2, 0.25) is 0 Å². The summed E-state index contributed by atoms with van der Waals surface area (Å²) in [6.07, 6.45) is 5.08. The highest BCUT2D eigenvalue weighted by Gasteiger charge is 2.34. The highest BCUT2D eigenvalue weighted by Crippen LogP contribution is 2.31. The molecule has 1 unspecified atom stereocenters. The third-order valence-electron chi connectivity index (χ3n) is 3.70. The van der Waals surface area contributed by atoms with E-state index in [2.05, 4.69) is 18.7 Å². The standard InChI is InChI=1S/C12H23NO2/c1-12(2)6-5-11(15-12)8-13-7-3-4-10(13)9-14/h10-11,14H,3-9H2,1-2H3/t10-,11?/m1/s1. The summed E-state index contributed by atoms with van der Waals surface area (Å²) in [5, 5.41) is 9.23. The summed E-state index contributed by atoms with van der Waals surface area (Å²) in [5.41, 5.74) is 0.0686. The molecule has 2 rings (SSSR count). The number of ether oxygens (including phenoxy) is 1. The second-order valence-electron chi connectivity index (χ2n) is 5.51. The maximum Gasteiger partial charge on any atom is 0.0710 e. The van der Waals surface area contributed by atoms with E-state index < -0.39 is 0 Å². The fraction of sp³-hybridized carbons (Fsp3) is 1.00. The second kappa shape index (κ2) is 4.40. The molecule has 2 aliphatic heterocycles. The monoisotopic (exact) mass is 213 g/mol. The largest absolute Gasteiger partial charge is 0.395 e. The number of aliphatic hydroxyl groups is 1. The fourth-order valence-corrected chi connectivity index (χ4v) is 2.81. The Bertz CT molecular complexity index is 218. The molecule has 0 amide bonds. The maximum absolute atomic E-state index is 9.23. The average molecular weight is 213 g/mol. The molecule has 3 nitrogen and oxygen atoms in total. The Morgan fingerprint density at radius 2 is 2.20 bits per heavy atom. The van der Waals surface area contributed by atoms with Crippen LogP contribution in [0.1, 0.15) is 39.5 Å². The van der Waals surface area contributed by atoms with Crippen LogP contribution in [0.4, 0.5) is 0 Å². The summed E-state index contributed by atoms with van der Waals surface area (Å²) in [7, 11) is 0. The molecule has 0 aromatic carbocycles. The van der Waals surface area contributed by atoms with E-state index in [1.807, 2.05) is 0 Å². The fourth-order valence-electron chi connectivity index (χ4n) is 2.81. The van der Waals surface area contributed by atoms with Crippen LogP contribution < -0.4 is 0 Å². The lowest BCUT2D eigenvalue weighted by Crippen LogP contribution is -2.38. The van der Waals surface area contributed by atoms with Gasteiger partial charge in [0.2, 0.25) is 0 Å². The van der Waals surface area contributed by atoms with Crippen molar-refractivity contribution in [1.29, 1.82) is 0 Å². The van der Waals surface area contributed by atoms with Crippen LogP contribution in [0, 0.1) is 0 Å². The van der Waals surface area contributed by atoms with Crippen molar-refractivity contribution < 1.29 is 9.84 Å². The predicted octanol–water partition coefficient (Wildman–Crippen LogP) is 1.40. The van der Waals surface area contributed by atoms with Gasteiger partial charge in [-0.1, -0.05) is 0 Å². The van der Waals surface area contributed by atoms with Crippen LogP contribution >= 0.6 is 0 Å². The van der Waals surface area contributed by atoms with Crippen LogP contribution in [0.15, 0.2) is 0 Å². The van der Waals surface area contributed by atoms with Gasteiger partial charge >= 0.3 is 0 Å². The van der Waals surface area contributed by atoms with Crippen LogP contribution in [0.25, 0.3) is 0 Å². The molecule has 15 heavy (non-hydrogen) atoms. The van der Waals surface area contributed by atoms with Crippen molar-refractivity contribution in [3.8, 4) is 0 Å². The number of nitrogens with zero attached hydrogens (tertiary/aromatic N) is 1. The molecule has 2 fully saturated rings. The van der Waals surface area contributed by atoms with Crippen molar-refractivity contribution in [2.24, 2.45) is 0 Å². The van der Waals surface area contributed by atoms with Gasteiger partial charge in [0.05, 0.1) is 18.3 Å². The minimum absolute atomic E-state index is 0.0686. The summed E-state index contributed by atoms with van der Waals surface area (Å²) in [4.78, 5) is 2.39. The predicted molar refractivity (Wildman–Crippen MR) is 59.9 cm³/mol. The molecule has 0 aliphatic carbocycles. The van der Waals surface area contributed by atoms with Gasteiger partial charge in [-0.3, -0.25) is 4.90 Å². The van der Waals surface area contributed by atoms with Crippen LogP contribution in [-0.4, -0.2) is 47.4 Å². The summed E-state index contributed by atoms with van der Waals surface area (Å²) < 4.78 is 5.98. The number of likely N-dealkylation sites (tertiary alicyclic amines) is 1. The third kappa shape index (κ3) is 2.71. The molecule has 0 radical (unpaired) electrons. The lowest BCUT2D eigenvalue weighted by Gasteiger charge is -2.27. The van der Waals surface area contributed by atoms with Gasteiger partial charge in [-0.05, 0) is 46.1 Å². The zero-order valence-corrected chi connectivity index (χ0v) is 9.91. The minimum atomic E-state index is 0.0686. The first-order chi connectivity index (χ1) is 7.11. The molecule has 0 aromatic rings. The first-order valence-electron chi connectivity index (χ1n) is 6.13. The zero-order chi connectivity index (χ0) is 10.9. The quantitative estimate of drug-likeness (QED) is 0.769. The van der Waals surface area contributed by atoms with Crippen molar-refractivity contribution in [1.82, 2.24) is 4.90 Å². The Morgan fingerprint density at radius 3 is 2.80 bits per heavy atom. The van der Waals surface area contributed by atoms with Gasteiger partial charge in [0.15, 0.2) is 0 Å². The molecule has 0 spiro atoms. The van der Waals surface area contributed by atoms with Crippen molar-refractivity contribution in [2.45, 2.75) is 57.3 Å². The Labute approximate surface area is 92.4 Å². The summed E-state index contributed by atoms with van der Waals surface area (Å²) in [5.74, 6) is 0. The van der Waals surface area contributed by atoms with Gasteiger partial charge in [0.25, 0.3) is 0 Å². The highest BCUT2D eigenvalue weighted by molar-refractivity contribution is 4.86. The molecular formula is C12H23NO2. The molecule has 0 saturated carbocycles. The van der Waals surface area contributed by atoms with E-state index in [1.54, 1.807) is 0 Å². The molecule has 2 atom stereocenters. The molecular weight excluding hydrogens is 190 g/mol. The molecule has 2 aliphatic rings. The van der Waals surface area contributed by atoms with E-state index in [0.29, 0.717) is 18.8 Å². The van der Waals surface area contributed by atoms with E-state index in [0.717, 1.165) is 25.9 Å². The zero-order valence-electron chi connectivity index (χ0n) is 9.91. The van der Waals surface area contributed by atoms with Gasteiger partial charge < -0.3 is 9.84 Å². The number of hydrogen-bond donors (Lipinski definition) is 1. The minimum Gasteiger partial charge on any atom is -0.395 e. The Hall–Kier alpha value is -0.120. The first-order valence-corrected chi connectivity index (χ1v) is 6.13. The second-order valence-corrected chi connectivity index (χ2v) is 5.51. The van der Waals surface area contributed by atoms with Gasteiger partial charge in [-0.15, -0.1) is 0 Å². The van der Waals surface area contributed by atoms with E-state index in [9.17, 15) is 5.11 Å². The topological polar surface area (TPSA) is 32.7 Å². The van der Waals surface area contributed by atoms with Crippen LogP contribution in [0.5, 0.6) is 0 Å². The highest BCUT2D eigenvalue weighted by atomic mass is 16.5. The summed E-state index contributed by atoms with van der Waals surface area (Å²) in [6, 6.07) is 0.386. The lowest BCUT2D eigenvalue weighted by atomic mass is 10.1.